The van der Waals surface area contributed by atoms with Gasteiger partial charge in [-0.3, -0.25) is 14.6 Å². The summed E-state index contributed by atoms with van der Waals surface area (Å²) in [5.74, 6) is -0.346. The molecule has 2 heterocycles. The van der Waals surface area contributed by atoms with Gasteiger partial charge in [-0.05, 0) is 57.0 Å². The molecule has 1 atom stereocenters. The number of likely N-dealkylation sites (tertiary alicyclic amines) is 2. The molecule has 126 valence electrons. The van der Waals surface area contributed by atoms with E-state index in [1.807, 2.05) is 0 Å². The van der Waals surface area contributed by atoms with Gasteiger partial charge in [-0.2, -0.15) is 0 Å². The molecular weight excluding hydrogens is 293 g/mol. The minimum atomic E-state index is -0.283. The number of piperidine rings is 1. The smallest absolute Gasteiger partial charge is 0.238 e. The number of hydrogen-bond donors (Lipinski definition) is 1. The molecule has 4 nitrogen and oxygen atoms in total. The summed E-state index contributed by atoms with van der Waals surface area (Å²) in [6.45, 7) is 6.44. The molecule has 1 N–H and O–H groups in total. The first kappa shape index (κ1) is 16.4. The van der Waals surface area contributed by atoms with Gasteiger partial charge >= 0.3 is 0 Å². The number of carbonyl (C=O) groups excluding carboxylic acids is 1. The molecule has 0 spiro atoms. The lowest BCUT2D eigenvalue weighted by Crippen LogP contribution is -2.41. The Balaban J connectivity index is 1.47. The maximum Gasteiger partial charge on any atom is 0.238 e. The van der Waals surface area contributed by atoms with Crippen LogP contribution in [0.4, 0.5) is 10.1 Å². The van der Waals surface area contributed by atoms with Crippen molar-refractivity contribution < 1.29 is 9.18 Å². The monoisotopic (exact) mass is 319 g/mol. The van der Waals surface area contributed by atoms with Crippen molar-refractivity contribution in [3.05, 3.63) is 29.6 Å². The molecule has 0 radical (unpaired) electrons. The topological polar surface area (TPSA) is 35.6 Å². The second-order valence-electron chi connectivity index (χ2n) is 6.79. The fourth-order valence-corrected chi connectivity index (χ4v) is 3.61. The van der Waals surface area contributed by atoms with E-state index in [4.69, 9.17) is 0 Å². The van der Waals surface area contributed by atoms with Crippen LogP contribution in [0.15, 0.2) is 18.2 Å². The highest BCUT2D eigenvalue weighted by molar-refractivity contribution is 5.92. The predicted molar refractivity (Wildman–Crippen MR) is 90.0 cm³/mol. The summed E-state index contributed by atoms with van der Waals surface area (Å²) in [4.78, 5) is 16.9. The highest BCUT2D eigenvalue weighted by Crippen LogP contribution is 2.20. The van der Waals surface area contributed by atoms with Gasteiger partial charge in [0.2, 0.25) is 5.91 Å². The summed E-state index contributed by atoms with van der Waals surface area (Å²) >= 11 is 0. The van der Waals surface area contributed by atoms with Crippen LogP contribution >= 0.6 is 0 Å². The zero-order chi connectivity index (χ0) is 16.2. The first-order valence-corrected chi connectivity index (χ1v) is 8.64. The molecule has 0 aromatic heterocycles. The third-order valence-corrected chi connectivity index (χ3v) is 4.98. The molecule has 2 fully saturated rings. The Bertz CT molecular complexity index is 557. The molecule has 0 bridgehead atoms. The molecule has 2 aliphatic heterocycles. The van der Waals surface area contributed by atoms with Crippen LogP contribution in [0.2, 0.25) is 0 Å². The van der Waals surface area contributed by atoms with Crippen LogP contribution in [0, 0.1) is 12.7 Å². The number of nitrogens with zero attached hydrogens (tertiary/aromatic N) is 2. The number of amides is 1. The lowest BCUT2D eigenvalue weighted by Gasteiger charge is -2.32. The Morgan fingerprint density at radius 1 is 1.26 bits per heavy atom. The molecule has 1 aromatic rings. The van der Waals surface area contributed by atoms with Gasteiger partial charge in [0.15, 0.2) is 0 Å². The second-order valence-corrected chi connectivity index (χ2v) is 6.79. The van der Waals surface area contributed by atoms with Crippen LogP contribution in [0.25, 0.3) is 0 Å². The van der Waals surface area contributed by atoms with Gasteiger partial charge in [-0.25, -0.2) is 4.39 Å². The molecule has 23 heavy (non-hydrogen) atoms. The molecule has 1 amide bonds. The van der Waals surface area contributed by atoms with E-state index in [-0.39, 0.29) is 11.7 Å². The van der Waals surface area contributed by atoms with E-state index in [9.17, 15) is 9.18 Å². The van der Waals surface area contributed by atoms with Crippen molar-refractivity contribution in [1.29, 1.82) is 0 Å². The lowest BCUT2D eigenvalue weighted by atomic mass is 10.1. The van der Waals surface area contributed by atoms with Crippen molar-refractivity contribution in [1.82, 2.24) is 9.80 Å². The summed E-state index contributed by atoms with van der Waals surface area (Å²) in [5.41, 5.74) is 1.12. The van der Waals surface area contributed by atoms with Crippen molar-refractivity contribution in [2.24, 2.45) is 0 Å². The minimum Gasteiger partial charge on any atom is -0.325 e. The quantitative estimate of drug-likeness (QED) is 0.927. The summed E-state index contributed by atoms with van der Waals surface area (Å²) in [7, 11) is 0. The van der Waals surface area contributed by atoms with Crippen LogP contribution in [-0.2, 0) is 4.79 Å². The van der Waals surface area contributed by atoms with Crippen LogP contribution < -0.4 is 5.32 Å². The van der Waals surface area contributed by atoms with Crippen LogP contribution in [-0.4, -0.2) is 54.5 Å². The average Bonchev–Trinajstić information content (AvgIpc) is 3.00. The van der Waals surface area contributed by atoms with Gasteiger partial charge in [0.05, 0.1) is 6.54 Å². The second kappa shape index (κ2) is 7.41. The third-order valence-electron chi connectivity index (χ3n) is 4.98. The van der Waals surface area contributed by atoms with Gasteiger partial charge in [-0.15, -0.1) is 0 Å². The molecule has 0 aliphatic carbocycles. The zero-order valence-electron chi connectivity index (χ0n) is 13.9. The van der Waals surface area contributed by atoms with Gasteiger partial charge in [0.25, 0.3) is 0 Å². The Morgan fingerprint density at radius 3 is 2.78 bits per heavy atom. The highest BCUT2D eigenvalue weighted by atomic mass is 19.1. The molecule has 5 heteroatoms. The summed E-state index contributed by atoms with van der Waals surface area (Å²) in [6, 6.07) is 5.41. The number of aryl methyl sites for hydroxylation is 1. The summed E-state index contributed by atoms with van der Waals surface area (Å²) < 4.78 is 13.5. The van der Waals surface area contributed by atoms with Gasteiger partial charge in [-0.1, -0.05) is 12.5 Å². The maximum absolute atomic E-state index is 13.5. The van der Waals surface area contributed by atoms with Crippen molar-refractivity contribution in [3.63, 3.8) is 0 Å². The molecular formula is C18H26FN3O. The first-order valence-electron chi connectivity index (χ1n) is 8.64. The zero-order valence-corrected chi connectivity index (χ0v) is 13.9. The Hall–Kier alpha value is -1.46. The van der Waals surface area contributed by atoms with Gasteiger partial charge < -0.3 is 5.32 Å². The maximum atomic E-state index is 13.5. The molecule has 2 aliphatic rings. The number of halogens is 1. The Labute approximate surface area is 137 Å². The standard InChI is InChI=1S/C18H26FN3O/c1-14-5-6-15(11-17(14)19)20-18(23)13-21-10-7-16(12-21)22-8-3-2-4-9-22/h5-6,11,16H,2-4,7-10,12-13H2,1H3,(H,20,23). The number of hydrogen-bond acceptors (Lipinski definition) is 3. The van der Waals surface area contributed by atoms with Crippen molar-refractivity contribution in [2.75, 3.05) is 38.0 Å². The van der Waals surface area contributed by atoms with Crippen molar-refractivity contribution in [3.8, 4) is 0 Å². The number of nitrogens with one attached hydrogen (secondary N) is 1. The number of benzene rings is 1. The molecule has 1 unspecified atom stereocenters. The fraction of sp³-hybridized carbons (Fsp3) is 0.611. The van der Waals surface area contributed by atoms with Crippen LogP contribution in [0.1, 0.15) is 31.2 Å². The molecule has 0 saturated carbocycles. The molecule has 2 saturated heterocycles. The van der Waals surface area contributed by atoms with E-state index in [2.05, 4.69) is 15.1 Å². The van der Waals surface area contributed by atoms with Crippen molar-refractivity contribution >= 4 is 11.6 Å². The van der Waals surface area contributed by atoms with Crippen molar-refractivity contribution in [2.45, 2.75) is 38.6 Å². The molecule has 1 aromatic carbocycles. The summed E-state index contributed by atoms with van der Waals surface area (Å²) in [5, 5.41) is 2.80. The lowest BCUT2D eigenvalue weighted by molar-refractivity contribution is -0.117. The average molecular weight is 319 g/mol. The molecule has 3 rings (SSSR count). The van der Waals surface area contributed by atoms with Gasteiger partial charge in [0.1, 0.15) is 5.82 Å². The van der Waals surface area contributed by atoms with Crippen LogP contribution in [0.5, 0.6) is 0 Å². The van der Waals surface area contributed by atoms with E-state index in [0.29, 0.717) is 23.8 Å². The largest absolute Gasteiger partial charge is 0.325 e. The third kappa shape index (κ3) is 4.30. The van der Waals surface area contributed by atoms with Gasteiger partial charge in [0, 0.05) is 24.8 Å². The minimum absolute atomic E-state index is 0.0625. The Kier molecular flexibility index (Phi) is 5.28. The first-order chi connectivity index (χ1) is 11.1. The highest BCUT2D eigenvalue weighted by Gasteiger charge is 2.29. The fourth-order valence-electron chi connectivity index (χ4n) is 3.61. The number of rotatable bonds is 4. The Morgan fingerprint density at radius 2 is 2.04 bits per heavy atom. The van der Waals surface area contributed by atoms with E-state index < -0.39 is 0 Å². The predicted octanol–water partition coefficient (Wildman–Crippen LogP) is 2.63. The summed E-state index contributed by atoms with van der Waals surface area (Å²) in [6.07, 6.45) is 5.10. The number of anilines is 1. The number of carbonyl (C=O) groups is 1. The SMILES string of the molecule is Cc1ccc(NC(=O)CN2CCC(N3CCCCC3)C2)cc1F. The van der Waals surface area contributed by atoms with E-state index >= 15 is 0 Å². The van der Waals surface area contributed by atoms with Crippen LogP contribution in [0.3, 0.4) is 0 Å². The van der Waals surface area contributed by atoms with E-state index in [0.717, 1.165) is 19.5 Å². The normalized spacial score (nSPS) is 23.1. The van der Waals surface area contributed by atoms with E-state index in [1.54, 1.807) is 19.1 Å². The van der Waals surface area contributed by atoms with E-state index in [1.165, 1.54) is 38.4 Å².